The normalized spacial score (nSPS) is 15.2. The quantitative estimate of drug-likeness (QED) is 0.577. The number of ether oxygens (including phenoxy) is 3. The third-order valence-corrected chi connectivity index (χ3v) is 5.79. The molecule has 0 radical (unpaired) electrons. The van der Waals surface area contributed by atoms with Crippen LogP contribution >= 0.6 is 0 Å². The fourth-order valence-corrected chi connectivity index (χ4v) is 4.10. The van der Waals surface area contributed by atoms with Crippen LogP contribution in [-0.2, 0) is 13.1 Å². The maximum Gasteiger partial charge on any atom is 0.203 e. The number of methoxy groups -OCH3 is 3. The van der Waals surface area contributed by atoms with Gasteiger partial charge in [0.2, 0.25) is 5.75 Å². The summed E-state index contributed by atoms with van der Waals surface area (Å²) in [5, 5.41) is 0.638. The van der Waals surface area contributed by atoms with Crippen LogP contribution in [0.1, 0.15) is 11.1 Å². The molecule has 164 valence electrons. The molecule has 1 fully saturated rings. The molecular formula is C24H28N2O5. The lowest BCUT2D eigenvalue weighted by atomic mass is 10.1. The van der Waals surface area contributed by atoms with Crippen LogP contribution in [0.15, 0.2) is 51.9 Å². The second-order valence-corrected chi connectivity index (χ2v) is 7.63. The van der Waals surface area contributed by atoms with Crippen molar-refractivity contribution in [2.45, 2.75) is 13.1 Å². The van der Waals surface area contributed by atoms with Gasteiger partial charge in [-0.1, -0.05) is 18.2 Å². The minimum absolute atomic E-state index is 0.0549. The topological polar surface area (TPSA) is 64.4 Å². The van der Waals surface area contributed by atoms with E-state index < -0.39 is 0 Å². The van der Waals surface area contributed by atoms with Crippen molar-refractivity contribution in [3.8, 4) is 17.2 Å². The van der Waals surface area contributed by atoms with Gasteiger partial charge in [0.15, 0.2) is 16.9 Å². The SMILES string of the molecule is COc1ccc(CN2CCN(Cc3coc4ccccc4c3=O)CC2)c(OC)c1OC. The number of hydrogen-bond acceptors (Lipinski definition) is 7. The molecule has 2 heterocycles. The molecule has 0 atom stereocenters. The molecule has 7 nitrogen and oxygen atoms in total. The number of benzene rings is 2. The second kappa shape index (κ2) is 9.41. The maximum atomic E-state index is 12.8. The average molecular weight is 424 g/mol. The Bertz CT molecular complexity index is 1100. The molecule has 2 aromatic carbocycles. The highest BCUT2D eigenvalue weighted by atomic mass is 16.5. The van der Waals surface area contributed by atoms with Crippen molar-refractivity contribution < 1.29 is 18.6 Å². The van der Waals surface area contributed by atoms with Gasteiger partial charge in [-0.25, -0.2) is 0 Å². The van der Waals surface area contributed by atoms with Gasteiger partial charge in [0, 0.05) is 50.4 Å². The molecule has 0 saturated carbocycles. The van der Waals surface area contributed by atoms with Crippen molar-refractivity contribution in [2.75, 3.05) is 47.5 Å². The van der Waals surface area contributed by atoms with Gasteiger partial charge in [0.25, 0.3) is 0 Å². The highest BCUT2D eigenvalue weighted by Crippen LogP contribution is 2.40. The Labute approximate surface area is 181 Å². The summed E-state index contributed by atoms with van der Waals surface area (Å²) in [6, 6.07) is 11.3. The lowest BCUT2D eigenvalue weighted by Crippen LogP contribution is -2.45. The number of hydrogen-bond donors (Lipinski definition) is 0. The molecule has 0 unspecified atom stereocenters. The van der Waals surface area contributed by atoms with Gasteiger partial charge in [0.1, 0.15) is 5.58 Å². The van der Waals surface area contributed by atoms with Gasteiger partial charge >= 0.3 is 0 Å². The number of fused-ring (bicyclic) bond motifs is 1. The Morgan fingerprint density at radius 2 is 1.45 bits per heavy atom. The van der Waals surface area contributed by atoms with Crippen molar-refractivity contribution in [1.82, 2.24) is 9.80 Å². The molecule has 31 heavy (non-hydrogen) atoms. The van der Waals surface area contributed by atoms with E-state index >= 15 is 0 Å². The summed E-state index contributed by atoms with van der Waals surface area (Å²) in [7, 11) is 4.88. The molecule has 7 heteroatoms. The average Bonchev–Trinajstić information content (AvgIpc) is 2.81. The zero-order chi connectivity index (χ0) is 21.8. The Balaban J connectivity index is 1.41. The highest BCUT2D eigenvalue weighted by Gasteiger charge is 2.22. The van der Waals surface area contributed by atoms with Crippen LogP contribution in [0.4, 0.5) is 0 Å². The van der Waals surface area contributed by atoms with Crippen molar-refractivity contribution in [3.05, 3.63) is 64.0 Å². The smallest absolute Gasteiger partial charge is 0.203 e. The van der Waals surface area contributed by atoms with Crippen LogP contribution < -0.4 is 19.6 Å². The molecule has 0 amide bonds. The largest absolute Gasteiger partial charge is 0.493 e. The lowest BCUT2D eigenvalue weighted by molar-refractivity contribution is 0.120. The summed E-state index contributed by atoms with van der Waals surface area (Å²) in [5.41, 5.74) is 2.45. The summed E-state index contributed by atoms with van der Waals surface area (Å²) in [6.45, 7) is 4.91. The van der Waals surface area contributed by atoms with Gasteiger partial charge in [-0.2, -0.15) is 0 Å². The number of piperazine rings is 1. The molecular weight excluding hydrogens is 396 g/mol. The first-order valence-corrected chi connectivity index (χ1v) is 10.4. The van der Waals surface area contributed by atoms with Crippen LogP contribution in [0, 0.1) is 0 Å². The molecule has 0 N–H and O–H groups in total. The van der Waals surface area contributed by atoms with Crippen LogP contribution in [0.3, 0.4) is 0 Å². The monoisotopic (exact) mass is 424 g/mol. The summed E-state index contributed by atoms with van der Waals surface area (Å²) in [4.78, 5) is 17.4. The van der Waals surface area contributed by atoms with E-state index in [4.69, 9.17) is 18.6 Å². The first-order chi connectivity index (χ1) is 15.1. The molecule has 3 aromatic rings. The summed E-state index contributed by atoms with van der Waals surface area (Å²) >= 11 is 0. The van der Waals surface area contributed by atoms with E-state index in [0.717, 1.165) is 38.3 Å². The van der Waals surface area contributed by atoms with E-state index in [0.29, 0.717) is 40.3 Å². The zero-order valence-corrected chi connectivity index (χ0v) is 18.2. The Kier molecular flexibility index (Phi) is 6.44. The van der Waals surface area contributed by atoms with Crippen molar-refractivity contribution in [2.24, 2.45) is 0 Å². The first-order valence-electron chi connectivity index (χ1n) is 10.4. The Morgan fingerprint density at radius 3 is 2.10 bits per heavy atom. The molecule has 1 aliphatic rings. The van der Waals surface area contributed by atoms with E-state index in [2.05, 4.69) is 9.80 Å². The Hall–Kier alpha value is -3.03. The molecule has 1 aliphatic heterocycles. The lowest BCUT2D eigenvalue weighted by Gasteiger charge is -2.34. The minimum Gasteiger partial charge on any atom is -0.493 e. The Morgan fingerprint density at radius 1 is 0.806 bits per heavy atom. The van der Waals surface area contributed by atoms with Crippen LogP contribution in [0.25, 0.3) is 11.0 Å². The van der Waals surface area contributed by atoms with Gasteiger partial charge in [-0.05, 0) is 18.2 Å². The molecule has 0 aliphatic carbocycles. The third kappa shape index (κ3) is 4.38. The number of nitrogens with zero attached hydrogens (tertiary/aromatic N) is 2. The molecule has 1 aromatic heterocycles. The molecule has 1 saturated heterocycles. The minimum atomic E-state index is 0.0549. The maximum absolute atomic E-state index is 12.8. The molecule has 0 spiro atoms. The van der Waals surface area contributed by atoms with Gasteiger partial charge in [-0.3, -0.25) is 14.6 Å². The summed E-state index contributed by atoms with van der Waals surface area (Å²) in [6.07, 6.45) is 1.60. The van der Waals surface area contributed by atoms with Crippen molar-refractivity contribution in [1.29, 1.82) is 0 Å². The summed E-state index contributed by atoms with van der Waals surface area (Å²) < 4.78 is 22.1. The second-order valence-electron chi connectivity index (χ2n) is 7.63. The first kappa shape index (κ1) is 21.2. The van der Waals surface area contributed by atoms with E-state index in [1.807, 2.05) is 36.4 Å². The molecule has 0 bridgehead atoms. The van der Waals surface area contributed by atoms with Crippen LogP contribution in [0.5, 0.6) is 17.2 Å². The van der Waals surface area contributed by atoms with E-state index in [9.17, 15) is 4.79 Å². The van der Waals surface area contributed by atoms with E-state index in [1.54, 1.807) is 27.6 Å². The number of para-hydroxylation sites is 1. The number of rotatable bonds is 7. The molecule has 4 rings (SSSR count). The van der Waals surface area contributed by atoms with Gasteiger partial charge in [-0.15, -0.1) is 0 Å². The summed E-state index contributed by atoms with van der Waals surface area (Å²) in [5.74, 6) is 1.98. The zero-order valence-electron chi connectivity index (χ0n) is 18.2. The highest BCUT2D eigenvalue weighted by molar-refractivity contribution is 5.76. The van der Waals surface area contributed by atoms with E-state index in [-0.39, 0.29) is 5.43 Å². The predicted molar refractivity (Wildman–Crippen MR) is 119 cm³/mol. The van der Waals surface area contributed by atoms with Crippen LogP contribution in [0.2, 0.25) is 0 Å². The van der Waals surface area contributed by atoms with Crippen molar-refractivity contribution >= 4 is 11.0 Å². The van der Waals surface area contributed by atoms with Crippen LogP contribution in [-0.4, -0.2) is 57.3 Å². The van der Waals surface area contributed by atoms with Gasteiger partial charge in [0.05, 0.1) is 33.0 Å². The standard InChI is InChI=1S/C24H28N2O5/c1-28-21-9-8-17(23(29-2)24(21)30-3)14-25-10-12-26(13-11-25)15-18-16-31-20-7-5-4-6-19(20)22(18)27/h4-9,16H,10-15H2,1-3H3. The third-order valence-electron chi connectivity index (χ3n) is 5.79. The fraction of sp³-hybridized carbons (Fsp3) is 0.375. The van der Waals surface area contributed by atoms with E-state index in [1.165, 1.54) is 0 Å². The van der Waals surface area contributed by atoms with Crippen molar-refractivity contribution in [3.63, 3.8) is 0 Å². The van der Waals surface area contributed by atoms with Gasteiger partial charge < -0.3 is 18.6 Å². The predicted octanol–water partition coefficient (Wildman–Crippen LogP) is 3.14. The fourth-order valence-electron chi connectivity index (χ4n) is 4.10.